The molecule has 2 aromatic rings. The predicted octanol–water partition coefficient (Wildman–Crippen LogP) is 4.55. The Balaban J connectivity index is 1.62. The highest BCUT2D eigenvalue weighted by atomic mass is 32.2. The van der Waals surface area contributed by atoms with Crippen molar-refractivity contribution < 1.29 is 28.2 Å². The van der Waals surface area contributed by atoms with Gasteiger partial charge in [-0.1, -0.05) is 11.8 Å². The average Bonchev–Trinajstić information content (AvgIpc) is 2.73. The summed E-state index contributed by atoms with van der Waals surface area (Å²) >= 11 is 1.37. The summed E-state index contributed by atoms with van der Waals surface area (Å²) in [5, 5.41) is 0. The largest absolute Gasteiger partial charge is 0.481 e. The van der Waals surface area contributed by atoms with Crippen LogP contribution < -0.4 is 4.74 Å². The zero-order valence-corrected chi connectivity index (χ0v) is 17.7. The third kappa shape index (κ3) is 4.15. The van der Waals surface area contributed by atoms with Crippen LogP contribution in [0.4, 0.5) is 4.39 Å². The molecule has 1 atom stereocenters. The van der Waals surface area contributed by atoms with Gasteiger partial charge in [-0.25, -0.2) is 4.39 Å². The highest BCUT2D eigenvalue weighted by molar-refractivity contribution is 7.99. The van der Waals surface area contributed by atoms with Gasteiger partial charge < -0.3 is 14.2 Å². The van der Waals surface area contributed by atoms with E-state index in [-0.39, 0.29) is 23.8 Å². The zero-order valence-electron chi connectivity index (χ0n) is 16.9. The summed E-state index contributed by atoms with van der Waals surface area (Å²) in [4.78, 5) is 25.5. The molecule has 4 rings (SSSR count). The molecule has 0 aromatic heterocycles. The molecule has 0 radical (unpaired) electrons. The summed E-state index contributed by atoms with van der Waals surface area (Å²) in [6, 6.07) is 10.2. The Bertz CT molecular complexity index is 984. The first kappa shape index (κ1) is 21.0. The van der Waals surface area contributed by atoms with Gasteiger partial charge in [-0.05, 0) is 48.9 Å². The van der Waals surface area contributed by atoms with Crippen molar-refractivity contribution in [2.75, 3.05) is 20.3 Å². The van der Waals surface area contributed by atoms with Gasteiger partial charge in [0.1, 0.15) is 11.6 Å². The van der Waals surface area contributed by atoms with Crippen molar-refractivity contribution in [2.45, 2.75) is 47.7 Å². The van der Waals surface area contributed by atoms with Crippen LogP contribution in [0.3, 0.4) is 0 Å². The third-order valence-electron chi connectivity index (χ3n) is 5.67. The first-order valence-electron chi connectivity index (χ1n) is 9.86. The zero-order chi connectivity index (χ0) is 21.3. The van der Waals surface area contributed by atoms with Crippen LogP contribution in [-0.2, 0) is 19.9 Å². The average molecular weight is 430 g/mol. The van der Waals surface area contributed by atoms with Gasteiger partial charge in [0.15, 0.2) is 17.7 Å². The van der Waals surface area contributed by atoms with Gasteiger partial charge in [-0.3, -0.25) is 9.59 Å². The molecule has 30 heavy (non-hydrogen) atoms. The van der Waals surface area contributed by atoms with E-state index in [1.165, 1.54) is 30.8 Å². The number of halogens is 1. The highest BCUT2D eigenvalue weighted by Gasteiger charge is 2.35. The van der Waals surface area contributed by atoms with Crippen LogP contribution in [-0.4, -0.2) is 38.0 Å². The van der Waals surface area contributed by atoms with Gasteiger partial charge in [0, 0.05) is 43.0 Å². The second-order valence-corrected chi connectivity index (χ2v) is 8.74. The monoisotopic (exact) mass is 430 g/mol. The van der Waals surface area contributed by atoms with Gasteiger partial charge in [0.25, 0.3) is 0 Å². The number of hydrogen-bond acceptors (Lipinski definition) is 6. The molecule has 158 valence electrons. The number of carbonyl (C=O) groups excluding carboxylic acids is 2. The molecule has 0 bridgehead atoms. The van der Waals surface area contributed by atoms with Gasteiger partial charge >= 0.3 is 0 Å². The van der Waals surface area contributed by atoms with E-state index in [1.54, 1.807) is 19.2 Å². The molecule has 5 nitrogen and oxygen atoms in total. The lowest BCUT2D eigenvalue weighted by Gasteiger charge is -2.36. The lowest BCUT2D eigenvalue weighted by Crippen LogP contribution is -2.35. The lowest BCUT2D eigenvalue weighted by atomic mass is 9.86. The number of Topliss-reactive ketones (excluding diaryl/α,β-unsaturated/α-hetero) is 2. The van der Waals surface area contributed by atoms with Crippen LogP contribution >= 0.6 is 11.8 Å². The molecule has 1 unspecified atom stereocenters. The third-order valence-corrected chi connectivity index (χ3v) is 6.63. The molecule has 0 N–H and O–H groups in total. The number of rotatable bonds is 5. The van der Waals surface area contributed by atoms with Crippen molar-refractivity contribution in [2.24, 2.45) is 0 Å². The normalized spacial score (nSPS) is 20.4. The van der Waals surface area contributed by atoms with E-state index in [1.807, 2.05) is 12.1 Å². The van der Waals surface area contributed by atoms with E-state index in [0.29, 0.717) is 37.4 Å². The van der Waals surface area contributed by atoms with Crippen LogP contribution in [0, 0.1) is 5.82 Å². The van der Waals surface area contributed by atoms with Crippen LogP contribution in [0.1, 0.15) is 42.1 Å². The molecule has 2 aliphatic heterocycles. The van der Waals surface area contributed by atoms with E-state index < -0.39 is 11.7 Å². The van der Waals surface area contributed by atoms with Crippen molar-refractivity contribution in [3.05, 3.63) is 53.3 Å². The predicted molar refractivity (Wildman–Crippen MR) is 110 cm³/mol. The van der Waals surface area contributed by atoms with Gasteiger partial charge in [0.2, 0.25) is 0 Å². The van der Waals surface area contributed by atoms with Gasteiger partial charge in [-0.15, -0.1) is 0 Å². The van der Waals surface area contributed by atoms with Crippen molar-refractivity contribution in [3.63, 3.8) is 0 Å². The van der Waals surface area contributed by atoms with E-state index in [0.717, 1.165) is 15.4 Å². The van der Waals surface area contributed by atoms with Crippen LogP contribution in [0.2, 0.25) is 0 Å². The summed E-state index contributed by atoms with van der Waals surface area (Å²) in [6.45, 7) is 2.55. The summed E-state index contributed by atoms with van der Waals surface area (Å²) in [6.07, 6.45) is 0.641. The van der Waals surface area contributed by atoms with Crippen molar-refractivity contribution in [1.82, 2.24) is 0 Å². The lowest BCUT2D eigenvalue weighted by molar-refractivity contribution is -0.123. The molecule has 7 heteroatoms. The van der Waals surface area contributed by atoms with E-state index in [4.69, 9.17) is 14.2 Å². The number of ketones is 2. The minimum Gasteiger partial charge on any atom is -0.481 e. The fraction of sp³-hybridized carbons (Fsp3) is 0.391. The van der Waals surface area contributed by atoms with E-state index >= 15 is 0 Å². The second-order valence-electron chi connectivity index (χ2n) is 7.59. The molecule has 2 aromatic carbocycles. The van der Waals surface area contributed by atoms with Crippen molar-refractivity contribution in [1.29, 1.82) is 0 Å². The van der Waals surface area contributed by atoms with Crippen LogP contribution in [0.25, 0.3) is 0 Å². The number of methoxy groups -OCH3 is 1. The number of carbonyl (C=O) groups is 2. The standard InChI is InChI=1S/C23H23FO5S/c1-14(25)21-13-20(26)19-4-3-17(12-22(19)29-21)30-18-10-15(9-16(24)11-18)23(27-2)5-7-28-8-6-23/h3-4,9-12,21H,5-8,13H2,1-2H3. The molecule has 0 amide bonds. The highest BCUT2D eigenvalue weighted by Crippen LogP contribution is 2.40. The first-order valence-corrected chi connectivity index (χ1v) is 10.7. The molecule has 0 saturated carbocycles. The Morgan fingerprint density at radius 2 is 1.93 bits per heavy atom. The Morgan fingerprint density at radius 1 is 1.17 bits per heavy atom. The quantitative estimate of drug-likeness (QED) is 0.694. The van der Waals surface area contributed by atoms with E-state index in [9.17, 15) is 14.0 Å². The van der Waals surface area contributed by atoms with Gasteiger partial charge in [-0.2, -0.15) is 0 Å². The molecule has 1 saturated heterocycles. The number of fused-ring (bicyclic) bond motifs is 1. The SMILES string of the molecule is COC1(c2cc(F)cc(Sc3ccc4c(c3)OC(C(C)=O)CC4=O)c2)CCOCC1. The molecule has 2 heterocycles. The molecular weight excluding hydrogens is 407 g/mol. The molecule has 1 fully saturated rings. The maximum atomic E-state index is 14.4. The Kier molecular flexibility index (Phi) is 5.95. The number of ether oxygens (including phenoxy) is 3. The molecule has 0 spiro atoms. The smallest absolute Gasteiger partial charge is 0.170 e. The Hall–Kier alpha value is -2.22. The number of hydrogen-bond donors (Lipinski definition) is 0. The van der Waals surface area contributed by atoms with Crippen LogP contribution in [0.15, 0.2) is 46.2 Å². The first-order chi connectivity index (χ1) is 14.4. The van der Waals surface area contributed by atoms with Crippen molar-refractivity contribution in [3.8, 4) is 5.75 Å². The summed E-state index contributed by atoms with van der Waals surface area (Å²) in [5.74, 6) is -0.226. The summed E-state index contributed by atoms with van der Waals surface area (Å²) < 4.78 is 31.4. The Labute approximate surface area is 178 Å². The van der Waals surface area contributed by atoms with Crippen LogP contribution in [0.5, 0.6) is 5.75 Å². The second kappa shape index (κ2) is 8.49. The minimum atomic E-state index is -0.749. The summed E-state index contributed by atoms with van der Waals surface area (Å²) in [5.41, 5.74) is 0.699. The van der Waals surface area contributed by atoms with Crippen molar-refractivity contribution >= 4 is 23.3 Å². The fourth-order valence-corrected chi connectivity index (χ4v) is 4.86. The van der Waals surface area contributed by atoms with Gasteiger partial charge in [0.05, 0.1) is 17.6 Å². The minimum absolute atomic E-state index is 0.0604. The Morgan fingerprint density at radius 3 is 2.63 bits per heavy atom. The number of benzene rings is 2. The fourth-order valence-electron chi connectivity index (χ4n) is 3.93. The topological polar surface area (TPSA) is 61.8 Å². The molecular formula is C23H23FO5S. The maximum absolute atomic E-state index is 14.4. The summed E-state index contributed by atoms with van der Waals surface area (Å²) in [7, 11) is 1.65. The molecule has 0 aliphatic carbocycles. The molecule has 2 aliphatic rings. The maximum Gasteiger partial charge on any atom is 0.170 e. The van der Waals surface area contributed by atoms with E-state index in [2.05, 4.69) is 0 Å².